The average molecular weight is 1200 g/mol. The fraction of sp³-hybridized carbons (Fsp3) is 0.544. The Morgan fingerprint density at radius 2 is 1.00 bits per heavy atom. The number of carbonyl (C=O) groups excluding carboxylic acids is 8. The summed E-state index contributed by atoms with van der Waals surface area (Å²) < 4.78 is 9.38. The number of ether oxygens (including phenoxy) is 2. The number of benzene rings is 3. The Labute approximate surface area is 505 Å². The quantitative estimate of drug-likeness (QED) is 0.0329. The number of carbonyl (C=O) groups is 8. The summed E-state index contributed by atoms with van der Waals surface area (Å²) in [6.07, 6.45) is 4.00. The maximum atomic E-state index is 12.2. The van der Waals surface area contributed by atoms with Crippen molar-refractivity contribution in [3.05, 3.63) is 106 Å². The van der Waals surface area contributed by atoms with Gasteiger partial charge in [0.25, 0.3) is 35.4 Å². The molecule has 80 heavy (non-hydrogen) atoms. The van der Waals surface area contributed by atoms with E-state index in [0.717, 1.165) is 31.0 Å². The number of amides is 6. The maximum Gasteiger partial charge on any atom is 1.00 e. The molecule has 2 saturated heterocycles. The molecule has 8 rings (SSSR count). The third-order valence-corrected chi connectivity index (χ3v) is 13.6. The van der Waals surface area contributed by atoms with E-state index in [0.29, 0.717) is 105 Å². The number of nitrogens with one attached hydrogen (secondary N) is 1. The molecule has 442 valence electrons. The van der Waals surface area contributed by atoms with E-state index in [2.05, 4.69) is 26.0 Å². The number of aliphatic hydroxyl groups excluding tert-OH is 4. The number of alkyl halides is 1. The number of halogens is 1. The van der Waals surface area contributed by atoms with E-state index in [4.69, 9.17) is 9.84 Å². The van der Waals surface area contributed by atoms with Gasteiger partial charge in [0.2, 0.25) is 0 Å². The normalized spacial score (nSPS) is 18.4. The number of fused-ring (bicyclic) bond motifs is 3. The standard InChI is InChI=1S/2C15H18N2O4.C14H16BrNO2.C9H17NO4.4CH4.Al.Li.4H/c18-9-10-7-16(8-13(10)19)5-6-17-14(20)11-3-1-2-4-12(11)15(17)21;18-9-12-13(19)5-6-16(12)7-8-17-14(20)10-3-1-2-4-11(10)15(17)21;15-9-5-1-2-6-10-16-13(17)11-7-3-4-8-12(11)14(16)18;1-3-13-8(11)5-6-10-7-9(12)14-4-2;;;;;;;;;;/h1-4,10,13,18-19H,5-9H2;1-4,12-13,18-19H,5-9H2;3-4,7-8H,1-2,5-6,9-10H2;10H,3-7H2,1-2H3;4*1H4;;;;;;/q;;;;;;;;;+1;;;;-1/t10-,13-;12-,13-;;;;;;;;;;;;/m01............/s1. The summed E-state index contributed by atoms with van der Waals surface area (Å²) in [4.78, 5) is 102. The first-order valence-corrected chi connectivity index (χ1v) is 26.3. The first kappa shape index (κ1) is 77.4. The molecule has 5 aliphatic rings. The van der Waals surface area contributed by atoms with Crippen molar-refractivity contribution in [1.82, 2.24) is 29.8 Å². The number of unbranched alkanes of at least 4 members (excludes halogenated alkanes) is 3. The minimum atomic E-state index is -0.544. The van der Waals surface area contributed by atoms with E-state index in [9.17, 15) is 53.7 Å². The third-order valence-electron chi connectivity index (χ3n) is 13.1. The summed E-state index contributed by atoms with van der Waals surface area (Å²) >= 11 is 3.39. The van der Waals surface area contributed by atoms with Crippen LogP contribution in [-0.4, -0.2) is 225 Å². The molecule has 0 spiro atoms. The van der Waals surface area contributed by atoms with Crippen LogP contribution in [0.1, 0.15) is 146 Å². The molecule has 3 aromatic carbocycles. The third kappa shape index (κ3) is 21.0. The zero-order valence-corrected chi connectivity index (χ0v) is 44.7. The Kier molecular flexibility index (Phi) is 38.4. The Morgan fingerprint density at radius 3 is 1.40 bits per heavy atom. The zero-order valence-electron chi connectivity index (χ0n) is 44.1. The van der Waals surface area contributed by atoms with E-state index < -0.39 is 12.2 Å². The Bertz CT molecular complexity index is 2320. The van der Waals surface area contributed by atoms with Crippen LogP contribution in [0.5, 0.6) is 0 Å². The fourth-order valence-corrected chi connectivity index (χ4v) is 9.45. The number of aliphatic hydroxyl groups is 4. The molecule has 20 nitrogen and oxygen atoms in total. The summed E-state index contributed by atoms with van der Waals surface area (Å²) in [5, 5.41) is 41.7. The van der Waals surface area contributed by atoms with E-state index in [-0.39, 0.29) is 159 Å². The monoisotopic (exact) mass is 1190 g/mol. The number of rotatable bonds is 21. The van der Waals surface area contributed by atoms with Gasteiger partial charge in [0.05, 0.1) is 84.4 Å². The predicted molar refractivity (Wildman–Crippen MR) is 313 cm³/mol. The van der Waals surface area contributed by atoms with E-state index >= 15 is 0 Å². The molecule has 0 aliphatic carbocycles. The number of β-amino-alcohol motifs (C(OH)–C–C–N with tert-alkyl or cyclic N) is 1. The van der Waals surface area contributed by atoms with Gasteiger partial charge in [-0.1, -0.05) is 94.9 Å². The number of imide groups is 3. The van der Waals surface area contributed by atoms with Crippen molar-refractivity contribution in [1.29, 1.82) is 0 Å². The summed E-state index contributed by atoms with van der Waals surface area (Å²) in [7, 11) is 0. The van der Waals surface area contributed by atoms with Gasteiger partial charge >= 0.3 is 30.8 Å². The molecule has 3 aromatic rings. The van der Waals surface area contributed by atoms with Crippen LogP contribution in [0.3, 0.4) is 0 Å². The second-order valence-electron chi connectivity index (χ2n) is 18.0. The molecule has 5 N–H and O–H groups in total. The van der Waals surface area contributed by atoms with Crippen molar-refractivity contribution in [2.45, 2.75) is 100 Å². The van der Waals surface area contributed by atoms with E-state index in [1.807, 2.05) is 9.80 Å². The van der Waals surface area contributed by atoms with E-state index in [1.54, 1.807) is 86.6 Å². The van der Waals surface area contributed by atoms with Gasteiger partial charge in [-0.2, -0.15) is 0 Å². The smallest absolute Gasteiger partial charge is 1.00 e. The zero-order chi connectivity index (χ0) is 53.7. The van der Waals surface area contributed by atoms with E-state index in [1.165, 1.54) is 14.7 Å². The van der Waals surface area contributed by atoms with Crippen LogP contribution < -0.4 is 24.2 Å². The van der Waals surface area contributed by atoms with Crippen LogP contribution in [0.2, 0.25) is 0 Å². The summed E-state index contributed by atoms with van der Waals surface area (Å²) in [6, 6.07) is 20.4. The summed E-state index contributed by atoms with van der Waals surface area (Å²) in [6.45, 7) is 8.45. The second kappa shape index (κ2) is 39.7. The molecule has 5 aliphatic heterocycles. The Morgan fingerprint density at radius 1 is 0.588 bits per heavy atom. The Balaban J connectivity index is -0.000000985. The molecule has 2 fully saturated rings. The van der Waals surface area contributed by atoms with Crippen molar-refractivity contribution in [3.63, 3.8) is 0 Å². The SMILES string of the molecule is C.C.C.C.CCOC(=O)CCNCC(=O)OCC.O=C1c2ccccc2C(=O)N1CCCCCCBr.O=C1c2ccccc2C(=O)N1CCN1CC[C@@H](O)[C@H]1CO.O=C1c2ccccc2C(=O)N1CCN1C[C@@H](CO)[C@@H](O)C1.[AlH3].[H-].[Li+]. The molecular weight excluding hydrogens is 1110 g/mol. The molecule has 0 saturated carbocycles. The van der Waals surface area contributed by atoms with Crippen molar-refractivity contribution < 1.29 is 88.5 Å². The second-order valence-corrected chi connectivity index (χ2v) is 18.8. The molecular formula is C57H89AlBrLiN6O14. The number of nitrogens with zero attached hydrogens (tertiary/aromatic N) is 5. The van der Waals surface area contributed by atoms with Gasteiger partial charge in [0, 0.05) is 76.8 Å². The van der Waals surface area contributed by atoms with Crippen molar-refractivity contribution in [3.8, 4) is 0 Å². The maximum absolute atomic E-state index is 12.2. The minimum Gasteiger partial charge on any atom is -1.00 e. The molecule has 5 heterocycles. The van der Waals surface area contributed by atoms with Crippen molar-refractivity contribution in [2.24, 2.45) is 5.92 Å². The van der Waals surface area contributed by atoms with Gasteiger partial charge in [-0.25, -0.2) is 0 Å². The van der Waals surface area contributed by atoms with Crippen LogP contribution in [0.15, 0.2) is 72.8 Å². The summed E-state index contributed by atoms with van der Waals surface area (Å²) in [5.41, 5.74) is 2.89. The molecule has 6 amide bonds. The van der Waals surface area contributed by atoms with Gasteiger partial charge in [-0.05, 0) is 69.5 Å². The predicted octanol–water partition coefficient (Wildman–Crippen LogP) is 1.08. The largest absolute Gasteiger partial charge is 1.00 e. The van der Waals surface area contributed by atoms with Gasteiger partial charge in [0.1, 0.15) is 0 Å². The Hall–Kier alpha value is -4.65. The molecule has 4 atom stereocenters. The molecule has 0 radical (unpaired) electrons. The number of hydrogen-bond acceptors (Lipinski definition) is 17. The molecule has 0 aromatic heterocycles. The first-order valence-electron chi connectivity index (χ1n) is 25.2. The topological polar surface area (TPSA) is 264 Å². The van der Waals surface area contributed by atoms with Crippen molar-refractivity contribution >= 4 is 80.7 Å². The first-order chi connectivity index (χ1) is 35.7. The number of hydrogen-bond donors (Lipinski definition) is 5. The molecule has 0 unspecified atom stereocenters. The number of esters is 2. The van der Waals surface area contributed by atoms with Gasteiger partial charge in [-0.15, -0.1) is 0 Å². The van der Waals surface area contributed by atoms with Crippen LogP contribution in [0.25, 0.3) is 0 Å². The van der Waals surface area contributed by atoms with Crippen LogP contribution in [0.4, 0.5) is 0 Å². The number of likely N-dealkylation sites (tertiary alicyclic amines) is 2. The minimum absolute atomic E-state index is 0. The average Bonchev–Trinajstić information content (AvgIpc) is 4.16. The van der Waals surface area contributed by atoms with Crippen molar-refractivity contribution in [2.75, 3.05) is 97.2 Å². The van der Waals surface area contributed by atoms with Gasteiger partial charge in [0.15, 0.2) is 17.4 Å². The van der Waals surface area contributed by atoms with Crippen LogP contribution in [-0.2, 0) is 19.1 Å². The molecule has 0 bridgehead atoms. The molecule has 23 heteroatoms. The van der Waals surface area contributed by atoms with Gasteiger partial charge in [-0.3, -0.25) is 62.9 Å². The summed E-state index contributed by atoms with van der Waals surface area (Å²) in [5.74, 6) is -2.05. The van der Waals surface area contributed by atoms with Crippen LogP contribution >= 0.6 is 15.9 Å². The fourth-order valence-electron chi connectivity index (χ4n) is 9.06. The van der Waals surface area contributed by atoms with Gasteiger partial charge < -0.3 is 36.6 Å². The van der Waals surface area contributed by atoms with Crippen LogP contribution in [0, 0.1) is 5.92 Å².